The molecule has 0 saturated carbocycles. The Morgan fingerprint density at radius 1 is 0.446 bits per heavy atom. The fourth-order valence-electron chi connectivity index (χ4n) is 12.9. The van der Waals surface area contributed by atoms with Crippen molar-refractivity contribution in [2.45, 2.75) is 31.1 Å². The average Bonchev–Trinajstić information content (AvgIpc) is 4.00. The number of hydrogen-bond acceptors (Lipinski definition) is 2. The predicted molar refractivity (Wildman–Crippen MR) is 304 cm³/mol. The van der Waals surface area contributed by atoms with Gasteiger partial charge in [0.1, 0.15) is 11.5 Å². The van der Waals surface area contributed by atoms with Crippen molar-refractivity contribution < 1.29 is 4.74 Å². The topological polar surface area (TPSA) is 38.9 Å². The number of para-hydroxylation sites is 4. The fraction of sp³-hybridized carbons (Fsp3) is 0.0857. The largest absolute Gasteiger partial charge is 0.457 e. The lowest BCUT2D eigenvalue weighted by Gasteiger charge is -2.51. The molecule has 352 valence electrons. The molecule has 1 unspecified atom stereocenters. The second kappa shape index (κ2) is 17.0. The quantitative estimate of drug-likeness (QED) is 0.116. The zero-order chi connectivity index (χ0) is 49.5. The summed E-state index contributed by atoms with van der Waals surface area (Å²) < 4.78 is 9.13. The lowest BCUT2D eigenvalue weighted by Crippen LogP contribution is -2.45. The van der Waals surface area contributed by atoms with E-state index >= 15 is 0 Å². The van der Waals surface area contributed by atoms with E-state index in [0.717, 1.165) is 57.1 Å². The molecule has 4 nitrogen and oxygen atoms in total. The Hall–Kier alpha value is -9.12. The van der Waals surface area contributed by atoms with E-state index in [2.05, 4.69) is 249 Å². The van der Waals surface area contributed by atoms with Gasteiger partial charge in [0.05, 0.1) is 33.3 Å². The lowest BCUT2D eigenvalue weighted by atomic mass is 9.51. The van der Waals surface area contributed by atoms with Gasteiger partial charge in [-0.15, -0.1) is 0 Å². The number of nitrogens with zero attached hydrogens (tertiary/aromatic N) is 3. The zero-order valence-corrected chi connectivity index (χ0v) is 41.3. The molecule has 0 amide bonds. The number of benzene rings is 10. The first kappa shape index (κ1) is 43.7. The van der Waals surface area contributed by atoms with Crippen LogP contribution < -0.4 is 4.74 Å². The minimum atomic E-state index is -0.662. The van der Waals surface area contributed by atoms with Gasteiger partial charge in [0.25, 0.3) is 0 Å². The number of aliphatic imine (C=N–C) groups is 2. The van der Waals surface area contributed by atoms with E-state index in [-0.39, 0.29) is 5.92 Å². The van der Waals surface area contributed by atoms with Crippen LogP contribution in [0, 0.1) is 5.92 Å². The number of rotatable bonds is 7. The summed E-state index contributed by atoms with van der Waals surface area (Å²) in [5.74, 6) is 2.46. The third-order valence-corrected chi connectivity index (χ3v) is 16.2. The minimum absolute atomic E-state index is 0.0873. The van der Waals surface area contributed by atoms with E-state index in [0.29, 0.717) is 11.5 Å². The Kier molecular flexibility index (Phi) is 10.0. The Balaban J connectivity index is 0.986. The summed E-state index contributed by atoms with van der Waals surface area (Å²) in [5.41, 5.74) is 19.0. The molecule has 74 heavy (non-hydrogen) atoms. The van der Waals surface area contributed by atoms with Gasteiger partial charge in [0.2, 0.25) is 0 Å². The number of fused-ring (bicyclic) bond motifs is 18. The minimum Gasteiger partial charge on any atom is -0.457 e. The van der Waals surface area contributed by atoms with Crippen LogP contribution in [0.15, 0.2) is 259 Å². The fourth-order valence-corrected chi connectivity index (χ4v) is 12.9. The Bertz CT molecular complexity index is 3990. The smallest absolute Gasteiger partial charge is 0.160 e. The van der Waals surface area contributed by atoms with Crippen LogP contribution in [0.2, 0.25) is 0 Å². The van der Waals surface area contributed by atoms with E-state index in [1.54, 1.807) is 0 Å². The monoisotopic (exact) mass is 949 g/mol. The molecule has 0 N–H and O–H groups in total. The van der Waals surface area contributed by atoms with Crippen molar-refractivity contribution in [3.05, 3.63) is 310 Å². The normalized spacial score (nSPS) is 14.9. The van der Waals surface area contributed by atoms with E-state index in [1.807, 2.05) is 18.2 Å². The molecular formula is C70H51N3O. The highest BCUT2D eigenvalue weighted by Crippen LogP contribution is 2.67. The SMILES string of the molecule is C=C(/N=C(\N=C(\c1ccc2c(c1)C1(c3ccccc3-2)c2ccccc2C2(c3ccccc3Oc3ccccc32)c2ccccc21)C(C)CC)c1ccc(-n2c3ccccc3c3ccccc32)cc1)c1ccccc1. The van der Waals surface area contributed by atoms with Crippen molar-refractivity contribution in [2.24, 2.45) is 15.9 Å². The summed E-state index contributed by atoms with van der Waals surface area (Å²) in [6.07, 6.45) is 0.885. The average molecular weight is 950 g/mol. The van der Waals surface area contributed by atoms with Crippen LogP contribution in [0.4, 0.5) is 0 Å². The first-order valence-electron chi connectivity index (χ1n) is 25.8. The van der Waals surface area contributed by atoms with E-state index in [1.165, 1.54) is 66.3 Å². The number of ether oxygens (including phenoxy) is 1. The molecule has 0 saturated heterocycles. The Labute approximate surface area is 432 Å². The van der Waals surface area contributed by atoms with Crippen LogP contribution >= 0.6 is 0 Å². The highest BCUT2D eigenvalue weighted by molar-refractivity contribution is 6.15. The second-order valence-electron chi connectivity index (χ2n) is 20.0. The highest BCUT2D eigenvalue weighted by atomic mass is 16.5. The molecule has 1 aliphatic heterocycles. The molecule has 10 aromatic carbocycles. The van der Waals surface area contributed by atoms with E-state index in [9.17, 15) is 0 Å². The van der Waals surface area contributed by atoms with Gasteiger partial charge in [-0.05, 0) is 123 Å². The van der Waals surface area contributed by atoms with Crippen molar-refractivity contribution in [1.29, 1.82) is 0 Å². The van der Waals surface area contributed by atoms with Crippen molar-refractivity contribution >= 4 is 39.1 Å². The maximum atomic E-state index is 6.78. The van der Waals surface area contributed by atoms with Gasteiger partial charge in [-0.2, -0.15) is 0 Å². The van der Waals surface area contributed by atoms with Gasteiger partial charge >= 0.3 is 0 Å². The molecule has 1 atom stereocenters. The number of hydrogen-bond donors (Lipinski definition) is 0. The van der Waals surface area contributed by atoms with Crippen LogP contribution in [0.5, 0.6) is 11.5 Å². The Morgan fingerprint density at radius 3 is 1.49 bits per heavy atom. The van der Waals surface area contributed by atoms with Gasteiger partial charge in [-0.1, -0.05) is 208 Å². The molecule has 1 aromatic heterocycles. The van der Waals surface area contributed by atoms with Crippen molar-refractivity contribution in [2.75, 3.05) is 0 Å². The molecule has 3 aliphatic rings. The summed E-state index contributed by atoms with van der Waals surface area (Å²) in [5, 5.41) is 2.46. The number of amidine groups is 1. The van der Waals surface area contributed by atoms with E-state index in [4.69, 9.17) is 14.7 Å². The highest BCUT2D eigenvalue weighted by Gasteiger charge is 2.58. The van der Waals surface area contributed by atoms with Gasteiger partial charge in [0, 0.05) is 33.2 Å². The van der Waals surface area contributed by atoms with Gasteiger partial charge in [0.15, 0.2) is 5.84 Å². The molecule has 4 heteroatoms. The van der Waals surface area contributed by atoms with Crippen LogP contribution in [-0.2, 0) is 10.8 Å². The summed E-state index contributed by atoms with van der Waals surface area (Å²) in [7, 11) is 0. The molecule has 2 spiro atoms. The van der Waals surface area contributed by atoms with Crippen LogP contribution in [0.3, 0.4) is 0 Å². The van der Waals surface area contributed by atoms with Crippen molar-refractivity contribution in [1.82, 2.24) is 4.57 Å². The van der Waals surface area contributed by atoms with Gasteiger partial charge in [-0.25, -0.2) is 9.98 Å². The number of aromatic nitrogens is 1. The van der Waals surface area contributed by atoms with Gasteiger partial charge < -0.3 is 9.30 Å². The summed E-state index contributed by atoms with van der Waals surface area (Å²) >= 11 is 0. The summed E-state index contributed by atoms with van der Waals surface area (Å²) in [6.45, 7) is 9.07. The van der Waals surface area contributed by atoms with Gasteiger partial charge in [-0.3, -0.25) is 0 Å². The Morgan fingerprint density at radius 2 is 0.905 bits per heavy atom. The van der Waals surface area contributed by atoms with Crippen molar-refractivity contribution in [3.8, 4) is 28.3 Å². The third-order valence-electron chi connectivity index (χ3n) is 16.2. The lowest BCUT2D eigenvalue weighted by molar-refractivity contribution is 0.429. The first-order chi connectivity index (χ1) is 36.5. The molecule has 2 heterocycles. The van der Waals surface area contributed by atoms with Crippen LogP contribution in [0.1, 0.15) is 81.5 Å². The molecule has 0 fully saturated rings. The maximum Gasteiger partial charge on any atom is 0.160 e. The van der Waals surface area contributed by atoms with Crippen LogP contribution in [0.25, 0.3) is 44.3 Å². The second-order valence-corrected chi connectivity index (χ2v) is 20.0. The van der Waals surface area contributed by atoms with Crippen molar-refractivity contribution in [3.63, 3.8) is 0 Å². The van der Waals surface area contributed by atoms with E-state index < -0.39 is 10.8 Å². The first-order valence-corrected chi connectivity index (χ1v) is 25.8. The molecule has 14 rings (SSSR count). The molecule has 11 aromatic rings. The predicted octanol–water partition coefficient (Wildman–Crippen LogP) is 16.9. The summed E-state index contributed by atoms with van der Waals surface area (Å²) in [4.78, 5) is 11.1. The molecular weight excluding hydrogens is 899 g/mol. The summed E-state index contributed by atoms with van der Waals surface area (Å²) in [6, 6.07) is 88.1. The molecule has 0 bridgehead atoms. The molecule has 0 radical (unpaired) electrons. The van der Waals surface area contributed by atoms with Crippen LogP contribution in [-0.4, -0.2) is 16.1 Å². The molecule has 2 aliphatic carbocycles. The third kappa shape index (κ3) is 6.21. The zero-order valence-electron chi connectivity index (χ0n) is 41.3. The maximum absolute atomic E-state index is 6.78. The standard InChI is InChI=1S/C70H51N3O/c1-4-45(2)67(72-68(71-46(3)47-22-6-5-7-23-47)48-38-41-50(42-39-48)73-63-34-18-9-25-53(63)54-26-10-19-35-64(54)73)49-40-43-52-51-24-8-11-27-55(51)69(62(52)44-49)56-28-12-14-30-58(56)70(59-31-15-13-29-57(59)69)60-32-16-20-36-65(60)74-66-37-21-17-33-61(66)70/h5-45H,3-4H2,1-2H3/b71-68-,72-67+.